The van der Waals surface area contributed by atoms with Gasteiger partial charge in [-0.25, -0.2) is 18.4 Å². The van der Waals surface area contributed by atoms with E-state index in [1.165, 1.54) is 18.2 Å². The number of para-hydroxylation sites is 2. The quantitative estimate of drug-likeness (QED) is 0.342. The number of nitrogens with one attached hydrogen (secondary N) is 1. The molecule has 190 valence electrons. The van der Waals surface area contributed by atoms with E-state index in [0.717, 1.165) is 6.20 Å². The van der Waals surface area contributed by atoms with Crippen molar-refractivity contribution in [3.05, 3.63) is 60.6 Å². The minimum absolute atomic E-state index is 0.222. The summed E-state index contributed by atoms with van der Waals surface area (Å²) < 4.78 is 76.5. The third-order valence-electron chi connectivity index (χ3n) is 5.17. The number of unbranched alkanes of at least 4 members (excludes halogenated alkanes) is 1. The molecule has 1 N–H and O–H groups in total. The number of benzene rings is 1. The number of ether oxygens (including phenoxy) is 1. The number of pyridine rings is 1. The molecule has 0 spiro atoms. The van der Waals surface area contributed by atoms with Crippen molar-refractivity contribution in [2.75, 3.05) is 10.5 Å². The summed E-state index contributed by atoms with van der Waals surface area (Å²) in [7, 11) is -2.18. The van der Waals surface area contributed by atoms with E-state index in [0.29, 0.717) is 29.6 Å². The van der Waals surface area contributed by atoms with E-state index >= 15 is 0 Å². The highest BCUT2D eigenvalue weighted by Crippen LogP contribution is 2.38. The van der Waals surface area contributed by atoms with Crippen molar-refractivity contribution in [1.29, 1.82) is 0 Å². The largest absolute Gasteiger partial charge is 0.457 e. The van der Waals surface area contributed by atoms with Gasteiger partial charge in [0.25, 0.3) is 5.88 Å². The second-order valence-electron chi connectivity index (χ2n) is 8.06. The SMILES string of the molecule is CCCCS(=O)(=O)Nc1nc2ccccc2nc1OC(c1ccc(-c2cnn(C)c2)nc1)C(F)(F)F. The number of fused-ring (bicyclic) bond motifs is 1. The molecule has 0 radical (unpaired) electrons. The maximum atomic E-state index is 14.1. The van der Waals surface area contributed by atoms with Crippen molar-refractivity contribution in [1.82, 2.24) is 24.7 Å². The first-order valence-corrected chi connectivity index (χ1v) is 12.7. The Labute approximate surface area is 205 Å². The Morgan fingerprint density at radius 2 is 1.81 bits per heavy atom. The Balaban J connectivity index is 1.72. The third-order valence-corrected chi connectivity index (χ3v) is 6.50. The molecule has 1 atom stereocenters. The summed E-state index contributed by atoms with van der Waals surface area (Å²) >= 11 is 0. The molecular weight excluding hydrogens is 497 g/mol. The predicted molar refractivity (Wildman–Crippen MR) is 128 cm³/mol. The number of sulfonamides is 1. The number of aryl methyl sites for hydroxylation is 1. The van der Waals surface area contributed by atoms with Crippen molar-refractivity contribution in [3.63, 3.8) is 0 Å². The minimum atomic E-state index is -4.86. The predicted octanol–water partition coefficient (Wildman–Crippen LogP) is 4.65. The van der Waals surface area contributed by atoms with Gasteiger partial charge in [0.15, 0.2) is 0 Å². The van der Waals surface area contributed by atoms with Crippen molar-refractivity contribution < 1.29 is 26.3 Å². The maximum absolute atomic E-state index is 14.1. The molecule has 3 aromatic heterocycles. The highest BCUT2D eigenvalue weighted by Gasteiger charge is 2.44. The molecule has 9 nitrogen and oxygen atoms in total. The van der Waals surface area contributed by atoms with Gasteiger partial charge < -0.3 is 4.74 Å². The maximum Gasteiger partial charge on any atom is 0.429 e. The first kappa shape index (κ1) is 25.4. The first-order chi connectivity index (χ1) is 17.1. The van der Waals surface area contributed by atoms with Crippen LogP contribution in [0.25, 0.3) is 22.3 Å². The fourth-order valence-corrected chi connectivity index (χ4v) is 4.58. The molecule has 0 saturated heterocycles. The van der Waals surface area contributed by atoms with Crippen LogP contribution >= 0.6 is 0 Å². The summed E-state index contributed by atoms with van der Waals surface area (Å²) in [6, 6.07) is 9.06. The van der Waals surface area contributed by atoms with Crippen LogP contribution in [0.1, 0.15) is 31.4 Å². The highest BCUT2D eigenvalue weighted by molar-refractivity contribution is 7.92. The van der Waals surface area contributed by atoms with Gasteiger partial charge in [-0.1, -0.05) is 31.5 Å². The van der Waals surface area contributed by atoms with Gasteiger partial charge in [-0.15, -0.1) is 0 Å². The van der Waals surface area contributed by atoms with Gasteiger partial charge >= 0.3 is 6.18 Å². The molecule has 0 aliphatic carbocycles. The molecule has 0 saturated carbocycles. The van der Waals surface area contributed by atoms with Crippen molar-refractivity contribution in [2.45, 2.75) is 32.0 Å². The standard InChI is InChI=1S/C23H23F3N6O3S/c1-3-4-11-36(33,34)31-21-22(30-19-8-6-5-7-18(19)29-21)35-20(23(24,25)26)15-9-10-17(27-12-15)16-13-28-32(2)14-16/h5-10,12-14,20H,3-4,11H2,1-2H3,(H,29,31). The lowest BCUT2D eigenvalue weighted by Gasteiger charge is -2.23. The van der Waals surface area contributed by atoms with Crippen LogP contribution in [0.4, 0.5) is 19.0 Å². The molecule has 4 aromatic rings. The van der Waals surface area contributed by atoms with Crippen LogP contribution in [0, 0.1) is 0 Å². The van der Waals surface area contributed by atoms with Crippen LogP contribution in [0.15, 0.2) is 55.0 Å². The van der Waals surface area contributed by atoms with Gasteiger partial charge in [0.2, 0.25) is 21.9 Å². The lowest BCUT2D eigenvalue weighted by Crippen LogP contribution is -2.27. The fraction of sp³-hybridized carbons (Fsp3) is 0.304. The summed E-state index contributed by atoms with van der Waals surface area (Å²) in [5.41, 5.74) is 1.32. The van der Waals surface area contributed by atoms with E-state index in [2.05, 4.69) is 24.8 Å². The van der Waals surface area contributed by atoms with E-state index in [1.807, 2.05) is 6.92 Å². The summed E-state index contributed by atoms with van der Waals surface area (Å²) in [5, 5.41) is 4.03. The Morgan fingerprint density at radius 3 is 2.39 bits per heavy atom. The molecule has 0 aliphatic rings. The molecule has 0 fully saturated rings. The van der Waals surface area contributed by atoms with E-state index in [-0.39, 0.29) is 16.8 Å². The lowest BCUT2D eigenvalue weighted by atomic mass is 10.1. The zero-order valence-corrected chi connectivity index (χ0v) is 20.2. The topological polar surface area (TPSA) is 112 Å². The van der Waals surface area contributed by atoms with Gasteiger partial charge in [-0.05, 0) is 24.6 Å². The van der Waals surface area contributed by atoms with Gasteiger partial charge in [0, 0.05) is 30.6 Å². The van der Waals surface area contributed by atoms with Gasteiger partial charge in [-0.3, -0.25) is 14.4 Å². The molecule has 1 aromatic carbocycles. The number of hydrogen-bond donors (Lipinski definition) is 1. The average Bonchev–Trinajstić information content (AvgIpc) is 3.27. The van der Waals surface area contributed by atoms with Crippen molar-refractivity contribution >= 4 is 26.9 Å². The van der Waals surface area contributed by atoms with Crippen LogP contribution in [0.3, 0.4) is 0 Å². The zero-order chi connectivity index (χ0) is 25.9. The Bertz CT molecular complexity index is 1460. The second-order valence-corrected chi connectivity index (χ2v) is 9.90. The van der Waals surface area contributed by atoms with E-state index in [4.69, 9.17) is 4.74 Å². The number of hydrogen-bond acceptors (Lipinski definition) is 7. The number of anilines is 1. The van der Waals surface area contributed by atoms with E-state index in [9.17, 15) is 21.6 Å². The van der Waals surface area contributed by atoms with Gasteiger partial charge in [0.05, 0.1) is 28.7 Å². The number of aromatic nitrogens is 5. The number of nitrogens with zero attached hydrogens (tertiary/aromatic N) is 5. The fourth-order valence-electron chi connectivity index (χ4n) is 3.39. The number of rotatable bonds is 9. The molecule has 36 heavy (non-hydrogen) atoms. The van der Waals surface area contributed by atoms with Crippen LogP contribution in [0.2, 0.25) is 0 Å². The van der Waals surface area contributed by atoms with Gasteiger partial charge in [0.1, 0.15) is 0 Å². The number of alkyl halides is 3. The van der Waals surface area contributed by atoms with E-state index < -0.39 is 34.0 Å². The molecule has 0 bridgehead atoms. The second kappa shape index (κ2) is 10.1. The van der Waals surface area contributed by atoms with Crippen molar-refractivity contribution in [2.24, 2.45) is 7.05 Å². The lowest BCUT2D eigenvalue weighted by molar-refractivity contribution is -0.198. The summed E-state index contributed by atoms with van der Waals surface area (Å²) in [4.78, 5) is 12.4. The van der Waals surface area contributed by atoms with Crippen LogP contribution < -0.4 is 9.46 Å². The zero-order valence-electron chi connectivity index (χ0n) is 19.4. The highest BCUT2D eigenvalue weighted by atomic mass is 32.2. The third kappa shape index (κ3) is 5.90. The average molecular weight is 521 g/mol. The summed E-state index contributed by atoms with van der Waals surface area (Å²) in [5.74, 6) is -1.23. The van der Waals surface area contributed by atoms with Crippen molar-refractivity contribution in [3.8, 4) is 17.1 Å². The Kier molecular flexibility index (Phi) is 7.11. The minimum Gasteiger partial charge on any atom is -0.457 e. The van der Waals surface area contributed by atoms with Crippen LogP contribution in [0.5, 0.6) is 5.88 Å². The molecule has 0 amide bonds. The monoisotopic (exact) mass is 520 g/mol. The van der Waals surface area contributed by atoms with Crippen LogP contribution in [-0.4, -0.2) is 45.1 Å². The van der Waals surface area contributed by atoms with E-state index in [1.54, 1.807) is 42.3 Å². The molecule has 1 unspecified atom stereocenters. The van der Waals surface area contributed by atoms with Crippen LogP contribution in [-0.2, 0) is 17.1 Å². The Morgan fingerprint density at radius 1 is 1.08 bits per heavy atom. The summed E-state index contributed by atoms with van der Waals surface area (Å²) in [6.45, 7) is 1.82. The normalized spacial score (nSPS) is 13.0. The molecule has 13 heteroatoms. The first-order valence-electron chi connectivity index (χ1n) is 11.0. The smallest absolute Gasteiger partial charge is 0.429 e. The molecule has 3 heterocycles. The summed E-state index contributed by atoms with van der Waals surface area (Å²) in [6.07, 6.45) is -2.06. The van der Waals surface area contributed by atoms with Gasteiger partial charge in [-0.2, -0.15) is 18.3 Å². The number of halogens is 3. The Hall–Kier alpha value is -3.74. The molecule has 0 aliphatic heterocycles. The molecule has 4 rings (SSSR count). The molecular formula is C23H23F3N6O3S.